The maximum absolute atomic E-state index is 5.21. The van der Waals surface area contributed by atoms with E-state index in [2.05, 4.69) is 171 Å². The predicted molar refractivity (Wildman–Crippen MR) is 206 cm³/mol. The van der Waals surface area contributed by atoms with Crippen LogP contribution in [-0.4, -0.2) is 25.6 Å². The predicted octanol–water partition coefficient (Wildman–Crippen LogP) is 9.86. The first-order valence-corrected chi connectivity index (χ1v) is 17.0. The summed E-state index contributed by atoms with van der Waals surface area (Å²) in [4.78, 5) is 9.93. The fourth-order valence-corrected chi connectivity index (χ4v) is 7.56. The lowest BCUT2D eigenvalue weighted by atomic mass is 10.0. The van der Waals surface area contributed by atoms with Crippen molar-refractivity contribution in [1.29, 1.82) is 0 Å². The molecule has 0 amide bonds. The number of pyridine rings is 2. The zero-order valence-corrected chi connectivity index (χ0v) is 27.2. The largest absolute Gasteiger partial charge is 0.379 e. The third-order valence-electron chi connectivity index (χ3n) is 9.79. The zero-order chi connectivity index (χ0) is 33.0. The number of rotatable bonds is 5. The SMILES string of the molecule is C1=CC(c2cccc(-c3cccc(-n4c5c(c6ccccc64)NCC=C5)c3)n2)NC(c2cccc(-n3c4ccccc4c4ncccc43)c2)=C1. The van der Waals surface area contributed by atoms with Gasteiger partial charge in [-0.3, -0.25) is 9.97 Å². The third-order valence-corrected chi connectivity index (χ3v) is 9.79. The standard InChI is InChI=1S/C44H32N6/c1-3-21-39-33(15-1)43-41(23-9-25-45-43)49(39)31-13-5-11-29(27-31)35-17-7-19-37(47-35)38-20-8-18-36(48-38)30-12-6-14-32(28-30)50-40-22-4-2-16-34(40)44-42(50)24-10-26-46-44/h1-25,27-28,37,46-47H,26H2. The Labute approximate surface area is 289 Å². The summed E-state index contributed by atoms with van der Waals surface area (Å²) >= 11 is 0. The van der Waals surface area contributed by atoms with Crippen LogP contribution < -0.4 is 10.6 Å². The number of benzene rings is 4. The van der Waals surface area contributed by atoms with Gasteiger partial charge in [-0.05, 0) is 78.4 Å². The van der Waals surface area contributed by atoms with Gasteiger partial charge in [0.15, 0.2) is 0 Å². The van der Waals surface area contributed by atoms with Crippen LogP contribution in [0, 0.1) is 0 Å². The molecule has 6 heterocycles. The van der Waals surface area contributed by atoms with E-state index in [0.717, 1.165) is 68.1 Å². The summed E-state index contributed by atoms with van der Waals surface area (Å²) in [6.45, 7) is 0.836. The summed E-state index contributed by atoms with van der Waals surface area (Å²) < 4.78 is 4.64. The maximum atomic E-state index is 5.21. The minimum atomic E-state index is -0.0733. The monoisotopic (exact) mass is 644 g/mol. The second-order valence-corrected chi connectivity index (χ2v) is 12.8. The van der Waals surface area contributed by atoms with E-state index in [-0.39, 0.29) is 6.04 Å². The second-order valence-electron chi connectivity index (χ2n) is 12.8. The number of hydrogen-bond donors (Lipinski definition) is 2. The molecule has 0 saturated carbocycles. The lowest BCUT2D eigenvalue weighted by Gasteiger charge is -2.23. The van der Waals surface area contributed by atoms with Crippen molar-refractivity contribution in [3.63, 3.8) is 0 Å². The minimum absolute atomic E-state index is 0.0733. The van der Waals surface area contributed by atoms with Gasteiger partial charge < -0.3 is 19.8 Å². The molecule has 0 saturated heterocycles. The Kier molecular flexibility index (Phi) is 6.52. The number of hydrogen-bond acceptors (Lipinski definition) is 4. The van der Waals surface area contributed by atoms with Crippen molar-refractivity contribution in [2.24, 2.45) is 0 Å². The van der Waals surface area contributed by atoms with Gasteiger partial charge in [0.1, 0.15) is 0 Å². The Bertz CT molecular complexity index is 2650. The van der Waals surface area contributed by atoms with E-state index >= 15 is 0 Å². The number of nitrogens with one attached hydrogen (secondary N) is 2. The Morgan fingerprint density at radius 1 is 0.660 bits per heavy atom. The van der Waals surface area contributed by atoms with Crippen LogP contribution in [0.5, 0.6) is 0 Å². The molecule has 1 unspecified atom stereocenters. The summed E-state index contributed by atoms with van der Waals surface area (Å²) in [6.07, 6.45) is 12.7. The zero-order valence-electron chi connectivity index (χ0n) is 27.2. The molecule has 0 aliphatic carbocycles. The molecule has 6 nitrogen and oxygen atoms in total. The summed E-state index contributed by atoms with van der Waals surface area (Å²) in [6, 6.07) is 44.8. The van der Waals surface area contributed by atoms with E-state index in [1.807, 2.05) is 12.3 Å². The van der Waals surface area contributed by atoms with Crippen LogP contribution in [0.1, 0.15) is 23.0 Å². The molecular weight excluding hydrogens is 613 g/mol. The van der Waals surface area contributed by atoms with Crippen LogP contribution in [0.25, 0.3) is 67.2 Å². The molecule has 0 spiro atoms. The Morgan fingerprint density at radius 2 is 1.40 bits per heavy atom. The third kappa shape index (κ3) is 4.57. The summed E-state index contributed by atoms with van der Waals surface area (Å²) in [5, 5.41) is 9.74. The number of dihydropyridines is 1. The van der Waals surface area contributed by atoms with Crippen molar-refractivity contribution < 1.29 is 0 Å². The van der Waals surface area contributed by atoms with Gasteiger partial charge in [0, 0.05) is 46.1 Å². The molecule has 4 aromatic heterocycles. The fourth-order valence-electron chi connectivity index (χ4n) is 7.56. The first-order chi connectivity index (χ1) is 24.8. The van der Waals surface area contributed by atoms with Crippen LogP contribution in [0.15, 0.2) is 158 Å². The summed E-state index contributed by atoms with van der Waals surface area (Å²) in [5.41, 5.74) is 14.2. The molecule has 10 rings (SSSR count). The lowest BCUT2D eigenvalue weighted by molar-refractivity contribution is 0.737. The molecular formula is C44H32N6. The molecule has 6 heteroatoms. The van der Waals surface area contributed by atoms with E-state index in [0.29, 0.717) is 0 Å². The number of aromatic nitrogens is 4. The molecule has 0 bridgehead atoms. The molecule has 2 N–H and O–H groups in total. The highest BCUT2D eigenvalue weighted by molar-refractivity contribution is 6.07. The van der Waals surface area contributed by atoms with Crippen molar-refractivity contribution in [3.8, 4) is 22.6 Å². The lowest BCUT2D eigenvalue weighted by Crippen LogP contribution is -2.21. The summed E-state index contributed by atoms with van der Waals surface area (Å²) in [7, 11) is 0. The number of anilines is 1. The quantitative estimate of drug-likeness (QED) is 0.196. The molecule has 0 fully saturated rings. The molecule has 8 aromatic rings. The molecule has 238 valence electrons. The Hall–Kier alpha value is -6.66. The van der Waals surface area contributed by atoms with E-state index in [1.165, 1.54) is 22.3 Å². The molecule has 2 aliphatic heterocycles. The van der Waals surface area contributed by atoms with Crippen molar-refractivity contribution in [2.75, 3.05) is 11.9 Å². The second kappa shape index (κ2) is 11.5. The number of allylic oxidation sites excluding steroid dienone is 2. The van der Waals surface area contributed by atoms with Crippen molar-refractivity contribution in [3.05, 3.63) is 175 Å². The van der Waals surface area contributed by atoms with Gasteiger partial charge in [-0.1, -0.05) is 85.0 Å². The average molecular weight is 645 g/mol. The fraction of sp³-hybridized carbons (Fsp3) is 0.0455. The van der Waals surface area contributed by atoms with Gasteiger partial charge >= 0.3 is 0 Å². The molecule has 4 aromatic carbocycles. The number of nitrogens with zero attached hydrogens (tertiary/aromatic N) is 4. The Morgan fingerprint density at radius 3 is 2.30 bits per heavy atom. The van der Waals surface area contributed by atoms with Gasteiger partial charge in [0.05, 0.1) is 50.9 Å². The van der Waals surface area contributed by atoms with Crippen LogP contribution in [0.2, 0.25) is 0 Å². The van der Waals surface area contributed by atoms with Crippen LogP contribution >= 0.6 is 0 Å². The first-order valence-electron chi connectivity index (χ1n) is 17.0. The van der Waals surface area contributed by atoms with Gasteiger partial charge in [0.25, 0.3) is 0 Å². The van der Waals surface area contributed by atoms with Gasteiger partial charge in [-0.15, -0.1) is 0 Å². The highest BCUT2D eigenvalue weighted by Crippen LogP contribution is 2.37. The molecule has 1 atom stereocenters. The van der Waals surface area contributed by atoms with Crippen molar-refractivity contribution in [1.82, 2.24) is 24.4 Å². The van der Waals surface area contributed by atoms with Crippen LogP contribution in [0.3, 0.4) is 0 Å². The van der Waals surface area contributed by atoms with Gasteiger partial charge in [-0.25, -0.2) is 0 Å². The smallest absolute Gasteiger partial charge is 0.0963 e. The van der Waals surface area contributed by atoms with E-state index in [1.54, 1.807) is 0 Å². The number of fused-ring (bicyclic) bond motifs is 6. The minimum Gasteiger partial charge on any atom is -0.379 e. The van der Waals surface area contributed by atoms with E-state index in [9.17, 15) is 0 Å². The van der Waals surface area contributed by atoms with E-state index < -0.39 is 0 Å². The molecule has 2 aliphatic rings. The molecule has 50 heavy (non-hydrogen) atoms. The van der Waals surface area contributed by atoms with Crippen molar-refractivity contribution in [2.45, 2.75) is 6.04 Å². The van der Waals surface area contributed by atoms with Crippen LogP contribution in [-0.2, 0) is 0 Å². The topological polar surface area (TPSA) is 59.7 Å². The molecule has 0 radical (unpaired) electrons. The van der Waals surface area contributed by atoms with Crippen molar-refractivity contribution >= 4 is 50.3 Å². The highest BCUT2D eigenvalue weighted by atomic mass is 15.0. The average Bonchev–Trinajstić information content (AvgIpc) is 3.71. The first kappa shape index (κ1) is 28.4. The van der Waals surface area contributed by atoms with Crippen LogP contribution in [0.4, 0.5) is 5.69 Å². The highest BCUT2D eigenvalue weighted by Gasteiger charge is 2.20. The van der Waals surface area contributed by atoms with Gasteiger partial charge in [0.2, 0.25) is 0 Å². The Balaban J connectivity index is 0.970. The normalized spacial score (nSPS) is 15.2. The van der Waals surface area contributed by atoms with Gasteiger partial charge in [-0.2, -0.15) is 0 Å². The summed E-state index contributed by atoms with van der Waals surface area (Å²) in [5.74, 6) is 0. The number of para-hydroxylation sites is 2. The maximum Gasteiger partial charge on any atom is 0.0963 e. The van der Waals surface area contributed by atoms with E-state index in [4.69, 9.17) is 9.97 Å².